The topological polar surface area (TPSA) is 78.1 Å². The SMILES string of the molecule is O=C(Nc1ccccc1F)C1CC(=O)N(c2n[nH]c3ccccc23)C1. The van der Waals surface area contributed by atoms with Crippen molar-refractivity contribution in [1.82, 2.24) is 10.2 Å². The molecule has 0 radical (unpaired) electrons. The Balaban J connectivity index is 1.54. The molecule has 0 saturated carbocycles. The van der Waals surface area contributed by atoms with Crippen LogP contribution in [0.4, 0.5) is 15.9 Å². The Morgan fingerprint density at radius 3 is 2.80 bits per heavy atom. The van der Waals surface area contributed by atoms with Crippen molar-refractivity contribution in [2.75, 3.05) is 16.8 Å². The van der Waals surface area contributed by atoms with E-state index >= 15 is 0 Å². The van der Waals surface area contributed by atoms with E-state index in [-0.39, 0.29) is 30.5 Å². The molecule has 1 saturated heterocycles. The number of aromatic amines is 1. The van der Waals surface area contributed by atoms with Crippen molar-refractivity contribution in [2.24, 2.45) is 5.92 Å². The lowest BCUT2D eigenvalue weighted by atomic mass is 10.1. The first kappa shape index (κ1) is 15.3. The first-order chi connectivity index (χ1) is 12.1. The van der Waals surface area contributed by atoms with E-state index in [0.717, 1.165) is 10.9 Å². The van der Waals surface area contributed by atoms with Gasteiger partial charge in [-0.25, -0.2) is 4.39 Å². The molecule has 2 heterocycles. The lowest BCUT2D eigenvalue weighted by Gasteiger charge is -2.14. The number of amides is 2. The number of hydrogen-bond donors (Lipinski definition) is 2. The molecular formula is C18H15FN4O2. The minimum absolute atomic E-state index is 0.0709. The van der Waals surface area contributed by atoms with Crippen molar-refractivity contribution in [1.29, 1.82) is 0 Å². The van der Waals surface area contributed by atoms with Crippen LogP contribution in [-0.4, -0.2) is 28.6 Å². The molecule has 3 aromatic rings. The van der Waals surface area contributed by atoms with Gasteiger partial charge in [-0.05, 0) is 24.3 Å². The van der Waals surface area contributed by atoms with Crippen LogP contribution >= 0.6 is 0 Å². The number of fused-ring (bicyclic) bond motifs is 1. The minimum Gasteiger partial charge on any atom is -0.323 e. The zero-order valence-corrected chi connectivity index (χ0v) is 13.2. The maximum absolute atomic E-state index is 13.7. The summed E-state index contributed by atoms with van der Waals surface area (Å²) in [7, 11) is 0. The lowest BCUT2D eigenvalue weighted by molar-refractivity contribution is -0.122. The van der Waals surface area contributed by atoms with Crippen molar-refractivity contribution in [3.63, 3.8) is 0 Å². The fourth-order valence-electron chi connectivity index (χ4n) is 3.04. The molecular weight excluding hydrogens is 323 g/mol. The Hall–Kier alpha value is -3.22. The van der Waals surface area contributed by atoms with Crippen LogP contribution in [0.2, 0.25) is 0 Å². The maximum atomic E-state index is 13.7. The second kappa shape index (κ2) is 6.01. The third-order valence-corrected chi connectivity index (χ3v) is 4.33. The first-order valence-corrected chi connectivity index (χ1v) is 7.92. The van der Waals surface area contributed by atoms with E-state index in [9.17, 15) is 14.0 Å². The molecule has 25 heavy (non-hydrogen) atoms. The summed E-state index contributed by atoms with van der Waals surface area (Å²) in [6.45, 7) is 0.216. The number of aromatic nitrogens is 2. The number of para-hydroxylation sites is 2. The molecule has 2 amide bonds. The van der Waals surface area contributed by atoms with Crippen LogP contribution in [0.3, 0.4) is 0 Å². The maximum Gasteiger partial charge on any atom is 0.229 e. The third-order valence-electron chi connectivity index (χ3n) is 4.33. The number of halogens is 1. The highest BCUT2D eigenvalue weighted by Gasteiger charge is 2.37. The summed E-state index contributed by atoms with van der Waals surface area (Å²) in [6.07, 6.45) is 0.0709. The van der Waals surface area contributed by atoms with Gasteiger partial charge in [0.25, 0.3) is 0 Å². The molecule has 1 atom stereocenters. The molecule has 6 nitrogen and oxygen atoms in total. The standard InChI is InChI=1S/C18H15FN4O2/c19-13-6-2-4-8-15(13)20-18(25)11-9-16(24)23(10-11)17-12-5-1-3-7-14(12)21-22-17/h1-8,11H,9-10H2,(H,20,25)(H,21,22). The van der Waals surface area contributed by atoms with Gasteiger partial charge in [-0.2, -0.15) is 5.10 Å². The van der Waals surface area contributed by atoms with Crippen LogP contribution < -0.4 is 10.2 Å². The van der Waals surface area contributed by atoms with Crippen LogP contribution in [0.5, 0.6) is 0 Å². The van der Waals surface area contributed by atoms with Gasteiger partial charge in [0.2, 0.25) is 11.8 Å². The van der Waals surface area contributed by atoms with Crippen LogP contribution in [0.1, 0.15) is 6.42 Å². The van der Waals surface area contributed by atoms with Crippen LogP contribution in [0, 0.1) is 11.7 Å². The number of carbonyl (C=O) groups is 2. The number of anilines is 2. The van der Waals surface area contributed by atoms with Crippen molar-refractivity contribution in [2.45, 2.75) is 6.42 Å². The number of hydrogen-bond acceptors (Lipinski definition) is 3. The zero-order chi connectivity index (χ0) is 17.4. The van der Waals surface area contributed by atoms with Gasteiger partial charge in [0.1, 0.15) is 5.82 Å². The molecule has 1 aliphatic rings. The van der Waals surface area contributed by atoms with Crippen molar-refractivity contribution in [3.8, 4) is 0 Å². The summed E-state index contributed by atoms with van der Waals surface area (Å²) in [5, 5.41) is 10.5. The normalized spacial score (nSPS) is 17.2. The molecule has 1 fully saturated rings. The highest BCUT2D eigenvalue weighted by atomic mass is 19.1. The molecule has 1 aliphatic heterocycles. The summed E-state index contributed by atoms with van der Waals surface area (Å²) in [4.78, 5) is 26.3. The fraction of sp³-hybridized carbons (Fsp3) is 0.167. The Kier molecular flexibility index (Phi) is 3.68. The molecule has 7 heteroatoms. The van der Waals surface area contributed by atoms with E-state index in [1.54, 1.807) is 12.1 Å². The van der Waals surface area contributed by atoms with Gasteiger partial charge < -0.3 is 5.32 Å². The lowest BCUT2D eigenvalue weighted by Crippen LogP contribution is -2.28. The number of carbonyl (C=O) groups excluding carboxylic acids is 2. The van der Waals surface area contributed by atoms with Gasteiger partial charge in [-0.3, -0.25) is 19.6 Å². The van der Waals surface area contributed by atoms with Crippen molar-refractivity contribution in [3.05, 3.63) is 54.3 Å². The molecule has 1 unspecified atom stereocenters. The number of rotatable bonds is 3. The molecule has 0 bridgehead atoms. The van der Waals surface area contributed by atoms with Gasteiger partial charge in [-0.15, -0.1) is 0 Å². The van der Waals surface area contributed by atoms with E-state index in [1.807, 2.05) is 24.3 Å². The summed E-state index contributed by atoms with van der Waals surface area (Å²) in [6, 6.07) is 13.4. The van der Waals surface area contributed by atoms with E-state index in [2.05, 4.69) is 15.5 Å². The number of H-pyrrole nitrogens is 1. The molecule has 0 aliphatic carbocycles. The third kappa shape index (κ3) is 2.73. The van der Waals surface area contributed by atoms with Crippen LogP contribution in [0.15, 0.2) is 48.5 Å². The smallest absolute Gasteiger partial charge is 0.229 e. The highest BCUT2D eigenvalue weighted by molar-refractivity contribution is 6.06. The predicted molar refractivity (Wildman–Crippen MR) is 91.6 cm³/mol. The van der Waals surface area contributed by atoms with Crippen molar-refractivity contribution < 1.29 is 14.0 Å². The predicted octanol–water partition coefficient (Wildman–Crippen LogP) is 2.69. The van der Waals surface area contributed by atoms with E-state index in [4.69, 9.17) is 0 Å². The molecule has 0 spiro atoms. The molecule has 4 rings (SSSR count). The van der Waals surface area contributed by atoms with Gasteiger partial charge in [0, 0.05) is 18.4 Å². The average molecular weight is 338 g/mol. The molecule has 1 aromatic heterocycles. The Bertz CT molecular complexity index is 968. The quantitative estimate of drug-likeness (QED) is 0.771. The van der Waals surface area contributed by atoms with Gasteiger partial charge in [-0.1, -0.05) is 24.3 Å². The molecule has 2 aromatic carbocycles. The second-order valence-electron chi connectivity index (χ2n) is 5.97. The summed E-state index contributed by atoms with van der Waals surface area (Å²) in [5.74, 6) is -1.09. The first-order valence-electron chi connectivity index (χ1n) is 7.92. The highest BCUT2D eigenvalue weighted by Crippen LogP contribution is 2.30. The minimum atomic E-state index is -0.553. The Labute approximate surface area is 142 Å². The largest absolute Gasteiger partial charge is 0.323 e. The Morgan fingerprint density at radius 1 is 1.20 bits per heavy atom. The number of nitrogens with zero attached hydrogens (tertiary/aromatic N) is 2. The summed E-state index contributed by atoms with van der Waals surface area (Å²) in [5.41, 5.74) is 0.938. The van der Waals surface area contributed by atoms with Crippen LogP contribution in [-0.2, 0) is 9.59 Å². The van der Waals surface area contributed by atoms with Crippen molar-refractivity contribution >= 4 is 34.2 Å². The van der Waals surface area contributed by atoms with E-state index < -0.39 is 11.7 Å². The van der Waals surface area contributed by atoms with E-state index in [1.165, 1.54) is 17.0 Å². The second-order valence-corrected chi connectivity index (χ2v) is 5.97. The molecule has 126 valence electrons. The monoisotopic (exact) mass is 338 g/mol. The fourth-order valence-corrected chi connectivity index (χ4v) is 3.04. The average Bonchev–Trinajstić information content (AvgIpc) is 3.20. The summed E-state index contributed by atoms with van der Waals surface area (Å²) < 4.78 is 13.7. The van der Waals surface area contributed by atoms with Crippen LogP contribution in [0.25, 0.3) is 10.9 Å². The zero-order valence-electron chi connectivity index (χ0n) is 13.2. The number of nitrogens with one attached hydrogen (secondary N) is 2. The van der Waals surface area contributed by atoms with E-state index in [0.29, 0.717) is 5.82 Å². The summed E-state index contributed by atoms with van der Waals surface area (Å²) >= 11 is 0. The van der Waals surface area contributed by atoms with Gasteiger partial charge in [0.15, 0.2) is 5.82 Å². The molecule has 2 N–H and O–H groups in total. The van der Waals surface area contributed by atoms with Gasteiger partial charge in [0.05, 0.1) is 17.1 Å². The number of benzene rings is 2. The van der Waals surface area contributed by atoms with Gasteiger partial charge >= 0.3 is 0 Å². The Morgan fingerprint density at radius 2 is 1.96 bits per heavy atom.